The summed E-state index contributed by atoms with van der Waals surface area (Å²) >= 11 is 0. The number of fused-ring (bicyclic) bond motifs is 22. The van der Waals surface area contributed by atoms with Crippen molar-refractivity contribution < 1.29 is 0 Å². The second kappa shape index (κ2) is 18.7. The molecule has 0 saturated carbocycles. The number of aromatic nitrogens is 9. The van der Waals surface area contributed by atoms with Crippen molar-refractivity contribution in [3.8, 4) is 40.3 Å². The molecule has 0 unspecified atom stereocenters. The van der Waals surface area contributed by atoms with Crippen molar-refractivity contribution in [3.05, 3.63) is 285 Å². The summed E-state index contributed by atoms with van der Waals surface area (Å²) in [6.07, 6.45) is 8.63. The number of hydrogen-bond acceptors (Lipinski definition) is 3. The number of rotatable bonds is 7. The Balaban J connectivity index is 0.954. The molecule has 20 rings (SSSR count). The Morgan fingerprint density at radius 3 is 0.922 bits per heavy atom. The molecule has 7 heterocycles. The highest BCUT2D eigenvalue weighted by Gasteiger charge is 2.30. The lowest BCUT2D eigenvalue weighted by molar-refractivity contribution is 0.893. The Morgan fingerprint density at radius 2 is 0.544 bits per heavy atom. The first-order valence-corrected chi connectivity index (χ1v) is 30.9. The molecule has 0 amide bonds. The minimum atomic E-state index is 0.513. The van der Waals surface area contributed by atoms with E-state index in [1.54, 1.807) is 0 Å². The normalized spacial score (nSPS) is 13.0. The lowest BCUT2D eigenvalue weighted by atomic mass is 10.1. The molecule has 420 valence electrons. The van der Waals surface area contributed by atoms with Crippen LogP contribution in [0.3, 0.4) is 0 Å². The van der Waals surface area contributed by atoms with Crippen LogP contribution < -0.4 is 0 Å². The van der Waals surface area contributed by atoms with Crippen molar-refractivity contribution in [2.45, 2.75) is 12.8 Å². The molecular formula is C81H51N9. The Morgan fingerprint density at radius 1 is 0.244 bits per heavy atom. The molecule has 0 aliphatic heterocycles. The van der Waals surface area contributed by atoms with Crippen molar-refractivity contribution in [3.63, 3.8) is 0 Å². The first kappa shape index (κ1) is 49.1. The molecule has 9 nitrogen and oxygen atoms in total. The van der Waals surface area contributed by atoms with Gasteiger partial charge in [0.1, 0.15) is 0 Å². The van der Waals surface area contributed by atoms with Gasteiger partial charge in [-0.15, -0.1) is 0 Å². The molecular weight excluding hydrogens is 1100 g/mol. The predicted molar refractivity (Wildman–Crippen MR) is 373 cm³/mol. The summed E-state index contributed by atoms with van der Waals surface area (Å²) < 4.78 is 14.7. The minimum Gasteiger partial charge on any atom is -0.309 e. The number of para-hydroxylation sites is 7. The molecule has 1 aliphatic carbocycles. The number of allylic oxidation sites excluding steroid dienone is 4. The number of nitrogens with zero attached hydrogens (tertiary/aromatic N) is 9. The fourth-order valence-electron chi connectivity index (χ4n) is 15.4. The molecule has 90 heavy (non-hydrogen) atoms. The second-order valence-electron chi connectivity index (χ2n) is 23.8. The Kier molecular flexibility index (Phi) is 10.2. The van der Waals surface area contributed by atoms with E-state index in [0.717, 1.165) is 123 Å². The van der Waals surface area contributed by atoms with Crippen molar-refractivity contribution >= 4 is 137 Å². The van der Waals surface area contributed by atoms with Gasteiger partial charge < -0.3 is 18.3 Å². The highest BCUT2D eigenvalue weighted by Crippen LogP contribution is 2.49. The van der Waals surface area contributed by atoms with Crippen LogP contribution in [-0.2, 0) is 0 Å². The third-order valence-corrected chi connectivity index (χ3v) is 19.1. The van der Waals surface area contributed by atoms with E-state index in [1.165, 1.54) is 49.2 Å². The summed E-state index contributed by atoms with van der Waals surface area (Å²) in [5.74, 6) is 1.60. The maximum atomic E-state index is 5.93. The summed E-state index contributed by atoms with van der Waals surface area (Å²) in [5.41, 5.74) is 18.5. The first-order chi connectivity index (χ1) is 44.7. The molecule has 9 heteroatoms. The van der Waals surface area contributed by atoms with Gasteiger partial charge in [0.2, 0.25) is 11.9 Å². The second-order valence-corrected chi connectivity index (χ2v) is 23.8. The van der Waals surface area contributed by atoms with Crippen LogP contribution in [0.1, 0.15) is 12.8 Å². The van der Waals surface area contributed by atoms with Crippen LogP contribution in [0.2, 0.25) is 0 Å². The van der Waals surface area contributed by atoms with Crippen LogP contribution in [0.25, 0.3) is 177 Å². The van der Waals surface area contributed by atoms with E-state index in [-0.39, 0.29) is 0 Å². The zero-order valence-corrected chi connectivity index (χ0v) is 48.6. The zero-order chi connectivity index (χ0) is 58.7. The molecule has 0 N–H and O–H groups in total. The average molecular weight is 1150 g/mol. The molecule has 7 aromatic heterocycles. The van der Waals surface area contributed by atoms with Gasteiger partial charge in [0.25, 0.3) is 0 Å². The van der Waals surface area contributed by atoms with Crippen molar-refractivity contribution in [1.82, 2.24) is 42.4 Å². The molecule has 0 atom stereocenters. The average Bonchev–Trinajstić information content (AvgIpc) is 1.57. The van der Waals surface area contributed by atoms with Crippen LogP contribution in [0.4, 0.5) is 0 Å². The maximum absolute atomic E-state index is 5.93. The van der Waals surface area contributed by atoms with Gasteiger partial charge in [-0.1, -0.05) is 218 Å². The van der Waals surface area contributed by atoms with Crippen LogP contribution in [0, 0.1) is 0 Å². The van der Waals surface area contributed by atoms with E-state index in [0.29, 0.717) is 17.7 Å². The van der Waals surface area contributed by atoms with Gasteiger partial charge >= 0.3 is 0 Å². The largest absolute Gasteiger partial charge is 0.309 e. The van der Waals surface area contributed by atoms with Gasteiger partial charge in [-0.3, -0.25) is 9.13 Å². The van der Waals surface area contributed by atoms with Crippen molar-refractivity contribution in [1.29, 1.82) is 0 Å². The summed E-state index contributed by atoms with van der Waals surface area (Å²) in [6.45, 7) is 0. The highest BCUT2D eigenvalue weighted by atomic mass is 15.3. The Bertz CT molecular complexity index is 6310. The van der Waals surface area contributed by atoms with E-state index < -0.39 is 0 Å². The van der Waals surface area contributed by atoms with E-state index in [9.17, 15) is 0 Å². The van der Waals surface area contributed by atoms with Gasteiger partial charge in [0, 0.05) is 93.0 Å². The Hall–Kier alpha value is -12.1. The third kappa shape index (κ3) is 6.72. The monoisotopic (exact) mass is 1150 g/mol. The SMILES string of the molecule is C1=CCCC(n2c3c(ccc4c5ccccc5n(-c5ccccc5)c43)c3ccc4c5ccccc5n(-c5nc(-c6ccccc6)nc(-n6c7ccccc7c7ccc8c9ccc%10c%11ccccc%11n(-c%11ccccc%11)c%10c9n(-c9ccccc9)c8c76)n5)c4c32)=C1. The van der Waals surface area contributed by atoms with E-state index >= 15 is 0 Å². The summed E-state index contributed by atoms with van der Waals surface area (Å²) in [7, 11) is 0. The molecule has 1 aliphatic rings. The molecule has 0 bridgehead atoms. The van der Waals surface area contributed by atoms with Crippen molar-refractivity contribution in [2.24, 2.45) is 0 Å². The van der Waals surface area contributed by atoms with E-state index in [4.69, 9.17) is 15.0 Å². The first-order valence-electron chi connectivity index (χ1n) is 30.9. The van der Waals surface area contributed by atoms with Gasteiger partial charge in [-0.2, -0.15) is 15.0 Å². The van der Waals surface area contributed by atoms with Crippen LogP contribution in [-0.4, -0.2) is 42.4 Å². The predicted octanol–water partition coefficient (Wildman–Crippen LogP) is 20.3. The van der Waals surface area contributed by atoms with Gasteiger partial charge in [0.05, 0.1) is 66.2 Å². The van der Waals surface area contributed by atoms with Crippen molar-refractivity contribution in [2.75, 3.05) is 0 Å². The third-order valence-electron chi connectivity index (χ3n) is 19.1. The minimum absolute atomic E-state index is 0.513. The zero-order valence-electron chi connectivity index (χ0n) is 48.6. The lowest BCUT2D eigenvalue weighted by Gasteiger charge is -2.17. The topological polar surface area (TPSA) is 68.2 Å². The molecule has 0 spiro atoms. The molecule has 0 fully saturated rings. The van der Waals surface area contributed by atoms with Gasteiger partial charge in [-0.05, 0) is 79.6 Å². The fourth-order valence-corrected chi connectivity index (χ4v) is 15.4. The number of benzene rings is 12. The summed E-state index contributed by atoms with van der Waals surface area (Å²) in [4.78, 5) is 17.3. The smallest absolute Gasteiger partial charge is 0.240 e. The van der Waals surface area contributed by atoms with E-state index in [2.05, 4.69) is 313 Å². The van der Waals surface area contributed by atoms with E-state index in [1.807, 2.05) is 0 Å². The molecule has 12 aromatic carbocycles. The Labute approximate surface area is 514 Å². The fraction of sp³-hybridized carbons (Fsp3) is 0.0247. The molecule has 19 aromatic rings. The highest BCUT2D eigenvalue weighted by molar-refractivity contribution is 6.31. The molecule has 0 saturated heterocycles. The van der Waals surface area contributed by atoms with Crippen LogP contribution in [0.5, 0.6) is 0 Å². The summed E-state index contributed by atoms with van der Waals surface area (Å²) in [6, 6.07) is 96.8. The van der Waals surface area contributed by atoms with Gasteiger partial charge in [0.15, 0.2) is 5.82 Å². The van der Waals surface area contributed by atoms with Crippen LogP contribution >= 0.6 is 0 Å². The lowest BCUT2D eigenvalue weighted by Crippen LogP contribution is -2.11. The van der Waals surface area contributed by atoms with Gasteiger partial charge in [-0.25, -0.2) is 0 Å². The standard InChI is InChI=1S/C81H51N9/c1-6-24-50(25-7-1)79-82-80(89-69-40-22-18-36-57(69)61-44-48-65-63-46-42-59-55-34-16-20-38-67(55)85(51-26-8-2-9-27-51)71(59)73(63)87(75(65)77(61)89)53-30-12-4-13-31-53)84-81(83-79)90-70-41-23-19-37-58(70)62-45-49-66-64-47-43-60-56-35-17-21-39-68(56)86(52-28-10-3-11-29-52)72(60)74(64)88(76(66)78(62)90)54-32-14-5-15-33-54/h1-14,16-32,34-49H,15,33H2. The molecule has 0 radical (unpaired) electrons. The quantitative estimate of drug-likeness (QED) is 0.160. The van der Waals surface area contributed by atoms with Crippen LogP contribution in [0.15, 0.2) is 285 Å². The summed E-state index contributed by atoms with van der Waals surface area (Å²) in [5, 5.41) is 13.8. The maximum Gasteiger partial charge on any atom is 0.240 e. The number of hydrogen-bond donors (Lipinski definition) is 0.